The number of fused-ring (bicyclic) bond motifs is 1. The van der Waals surface area contributed by atoms with Crippen LogP contribution in [0.15, 0.2) is 35.7 Å². The number of aromatic nitrogens is 1. The highest BCUT2D eigenvalue weighted by molar-refractivity contribution is 7.09. The van der Waals surface area contributed by atoms with Crippen molar-refractivity contribution in [2.45, 2.75) is 38.8 Å². The van der Waals surface area contributed by atoms with E-state index in [9.17, 15) is 9.18 Å². The Labute approximate surface area is 144 Å². The normalized spacial score (nSPS) is 14.2. The molecule has 3 aromatic rings. The van der Waals surface area contributed by atoms with Crippen molar-refractivity contribution in [3.05, 3.63) is 57.7 Å². The van der Waals surface area contributed by atoms with E-state index >= 15 is 0 Å². The quantitative estimate of drug-likeness (QED) is 0.732. The monoisotopic (exact) mass is 342 g/mol. The minimum atomic E-state index is -0.271. The van der Waals surface area contributed by atoms with Gasteiger partial charge in [0.25, 0.3) is 0 Å². The number of halogens is 1. The molecule has 2 heterocycles. The van der Waals surface area contributed by atoms with E-state index in [0.29, 0.717) is 19.0 Å². The van der Waals surface area contributed by atoms with Crippen LogP contribution in [0, 0.1) is 12.7 Å². The van der Waals surface area contributed by atoms with E-state index in [1.54, 1.807) is 17.4 Å². The Bertz CT molecular complexity index is 880. The second-order valence-corrected chi connectivity index (χ2v) is 7.46. The van der Waals surface area contributed by atoms with Gasteiger partial charge in [0.1, 0.15) is 5.82 Å². The molecule has 1 N–H and O–H groups in total. The van der Waals surface area contributed by atoms with Gasteiger partial charge in [0.2, 0.25) is 5.91 Å². The molecule has 0 radical (unpaired) electrons. The molecule has 1 aromatic carbocycles. The molecule has 5 heteroatoms. The number of hydrogen-bond acceptors (Lipinski definition) is 2. The van der Waals surface area contributed by atoms with Crippen LogP contribution in [-0.4, -0.2) is 21.8 Å². The summed E-state index contributed by atoms with van der Waals surface area (Å²) in [5.41, 5.74) is 2.73. The number of rotatable bonds is 5. The number of hydrogen-bond donors (Lipinski definition) is 1. The van der Waals surface area contributed by atoms with Crippen LogP contribution >= 0.6 is 11.3 Å². The van der Waals surface area contributed by atoms with Crippen LogP contribution in [0.25, 0.3) is 10.9 Å². The summed E-state index contributed by atoms with van der Waals surface area (Å²) in [4.78, 5) is 19.4. The maximum Gasteiger partial charge on any atom is 0.227 e. The highest BCUT2D eigenvalue weighted by Crippen LogP contribution is 2.31. The Morgan fingerprint density at radius 1 is 1.38 bits per heavy atom. The first-order chi connectivity index (χ1) is 11.6. The van der Waals surface area contributed by atoms with Gasteiger partial charge < -0.3 is 9.88 Å². The lowest BCUT2D eigenvalue weighted by atomic mass is 10.1. The zero-order valence-electron chi connectivity index (χ0n) is 13.5. The van der Waals surface area contributed by atoms with Gasteiger partial charge >= 0.3 is 0 Å². The van der Waals surface area contributed by atoms with Crippen LogP contribution in [0.3, 0.4) is 0 Å². The third kappa shape index (κ3) is 2.96. The smallest absolute Gasteiger partial charge is 0.227 e. The van der Waals surface area contributed by atoms with E-state index in [1.807, 2.05) is 23.3 Å². The molecule has 124 valence electrons. The summed E-state index contributed by atoms with van der Waals surface area (Å²) < 4.78 is 13.6. The molecule has 0 saturated heterocycles. The SMILES string of the molecule is Cc1[nH]c2ccc(F)cc2c1CC(=O)N(Cc1cccs1)C1CC1. The Morgan fingerprint density at radius 2 is 2.21 bits per heavy atom. The van der Waals surface area contributed by atoms with Crippen molar-refractivity contribution in [2.24, 2.45) is 0 Å². The average molecular weight is 342 g/mol. The van der Waals surface area contributed by atoms with Gasteiger partial charge in [-0.15, -0.1) is 11.3 Å². The van der Waals surface area contributed by atoms with Crippen LogP contribution in [0.2, 0.25) is 0 Å². The van der Waals surface area contributed by atoms with E-state index in [4.69, 9.17) is 0 Å². The molecule has 1 aliphatic carbocycles. The summed E-state index contributed by atoms with van der Waals surface area (Å²) in [6.07, 6.45) is 2.48. The number of amides is 1. The lowest BCUT2D eigenvalue weighted by Crippen LogP contribution is -2.33. The molecule has 2 aromatic heterocycles. The minimum absolute atomic E-state index is 0.124. The zero-order chi connectivity index (χ0) is 16.7. The molecule has 1 fully saturated rings. The topological polar surface area (TPSA) is 36.1 Å². The highest BCUT2D eigenvalue weighted by atomic mass is 32.1. The van der Waals surface area contributed by atoms with Gasteiger partial charge in [-0.3, -0.25) is 4.79 Å². The number of nitrogens with one attached hydrogen (secondary N) is 1. The van der Waals surface area contributed by atoms with Gasteiger partial charge in [0.15, 0.2) is 0 Å². The number of thiophene rings is 1. The molecule has 0 spiro atoms. The van der Waals surface area contributed by atoms with Gasteiger partial charge in [-0.2, -0.15) is 0 Å². The van der Waals surface area contributed by atoms with Crippen LogP contribution < -0.4 is 0 Å². The number of H-pyrrole nitrogens is 1. The lowest BCUT2D eigenvalue weighted by molar-refractivity contribution is -0.131. The fourth-order valence-corrected chi connectivity index (χ4v) is 3.92. The summed E-state index contributed by atoms with van der Waals surface area (Å²) in [6, 6.07) is 9.14. The molecule has 4 rings (SSSR count). The van der Waals surface area contributed by atoms with Gasteiger partial charge in [0.05, 0.1) is 13.0 Å². The van der Waals surface area contributed by atoms with Crippen molar-refractivity contribution >= 4 is 28.1 Å². The van der Waals surface area contributed by atoms with Gasteiger partial charge in [-0.1, -0.05) is 6.07 Å². The molecule has 1 aliphatic rings. The van der Waals surface area contributed by atoms with Crippen LogP contribution in [0.1, 0.15) is 29.0 Å². The van der Waals surface area contributed by atoms with Crippen LogP contribution in [0.5, 0.6) is 0 Å². The maximum absolute atomic E-state index is 13.6. The molecule has 0 bridgehead atoms. The summed E-state index contributed by atoms with van der Waals surface area (Å²) in [6.45, 7) is 2.62. The van der Waals surface area contributed by atoms with Crippen molar-refractivity contribution in [1.29, 1.82) is 0 Å². The number of benzene rings is 1. The summed E-state index contributed by atoms with van der Waals surface area (Å²) in [5.74, 6) is -0.146. The first-order valence-electron chi connectivity index (χ1n) is 8.20. The van der Waals surface area contributed by atoms with E-state index in [2.05, 4.69) is 11.1 Å². The van der Waals surface area contributed by atoms with Crippen molar-refractivity contribution < 1.29 is 9.18 Å². The summed E-state index contributed by atoms with van der Waals surface area (Å²) >= 11 is 1.68. The van der Waals surface area contributed by atoms with Gasteiger partial charge in [-0.25, -0.2) is 4.39 Å². The number of nitrogens with zero attached hydrogens (tertiary/aromatic N) is 1. The second kappa shape index (κ2) is 6.06. The van der Waals surface area contributed by atoms with E-state index < -0.39 is 0 Å². The number of aryl methyl sites for hydroxylation is 1. The number of aromatic amines is 1. The second-order valence-electron chi connectivity index (χ2n) is 6.43. The maximum atomic E-state index is 13.6. The van der Waals surface area contributed by atoms with Gasteiger partial charge in [0, 0.05) is 27.5 Å². The molecule has 0 atom stereocenters. The van der Waals surface area contributed by atoms with Crippen molar-refractivity contribution in [3.63, 3.8) is 0 Å². The molecule has 3 nitrogen and oxygen atoms in total. The van der Waals surface area contributed by atoms with Crippen molar-refractivity contribution in [2.75, 3.05) is 0 Å². The largest absolute Gasteiger partial charge is 0.358 e. The lowest BCUT2D eigenvalue weighted by Gasteiger charge is -2.22. The number of carbonyl (C=O) groups is 1. The summed E-state index contributed by atoms with van der Waals surface area (Å²) in [7, 11) is 0. The molecular weight excluding hydrogens is 323 g/mol. The molecule has 0 aliphatic heterocycles. The van der Waals surface area contributed by atoms with Crippen molar-refractivity contribution in [1.82, 2.24) is 9.88 Å². The first kappa shape index (κ1) is 15.4. The average Bonchev–Trinajstić information content (AvgIpc) is 3.18. The Hall–Kier alpha value is -2.14. The van der Waals surface area contributed by atoms with E-state index in [-0.39, 0.29) is 11.7 Å². The fraction of sp³-hybridized carbons (Fsp3) is 0.316. The Balaban J connectivity index is 1.60. The molecule has 1 amide bonds. The van der Waals surface area contributed by atoms with Gasteiger partial charge in [-0.05, 0) is 55.0 Å². The predicted octanol–water partition coefficient (Wildman–Crippen LogP) is 4.41. The molecule has 24 heavy (non-hydrogen) atoms. The number of carbonyl (C=O) groups excluding carboxylic acids is 1. The third-order valence-corrected chi connectivity index (χ3v) is 5.48. The van der Waals surface area contributed by atoms with E-state index in [0.717, 1.165) is 35.0 Å². The fourth-order valence-electron chi connectivity index (χ4n) is 3.21. The Morgan fingerprint density at radius 3 is 2.92 bits per heavy atom. The summed E-state index contributed by atoms with van der Waals surface area (Å²) in [5, 5.41) is 2.85. The van der Waals surface area contributed by atoms with Crippen molar-refractivity contribution in [3.8, 4) is 0 Å². The molecule has 1 saturated carbocycles. The standard InChI is InChI=1S/C19H19FN2OS/c1-12-16(17-9-13(20)4-7-18(17)21-12)10-19(23)22(14-5-6-14)11-15-3-2-8-24-15/h2-4,7-9,14,21H,5-6,10-11H2,1H3. The zero-order valence-corrected chi connectivity index (χ0v) is 14.3. The third-order valence-electron chi connectivity index (χ3n) is 4.62. The van der Waals surface area contributed by atoms with E-state index in [1.165, 1.54) is 17.0 Å². The highest BCUT2D eigenvalue weighted by Gasteiger charge is 2.33. The Kier molecular flexibility index (Phi) is 3.88. The molecule has 0 unspecified atom stereocenters. The van der Waals surface area contributed by atoms with Crippen LogP contribution in [0.4, 0.5) is 4.39 Å². The first-order valence-corrected chi connectivity index (χ1v) is 9.08. The predicted molar refractivity (Wildman–Crippen MR) is 94.6 cm³/mol. The molecular formula is C19H19FN2OS. The van der Waals surface area contributed by atoms with Crippen LogP contribution in [-0.2, 0) is 17.8 Å². The minimum Gasteiger partial charge on any atom is -0.358 e.